The Morgan fingerprint density at radius 2 is 2.27 bits per heavy atom. The first-order valence-corrected chi connectivity index (χ1v) is 3.20. The Hall–Kier alpha value is -1.55. The van der Waals surface area contributed by atoms with Crippen LogP contribution in [0.2, 0.25) is 0 Å². The van der Waals surface area contributed by atoms with E-state index in [9.17, 15) is 4.79 Å². The molecule has 0 saturated carbocycles. The van der Waals surface area contributed by atoms with Crippen LogP contribution in [0.1, 0.15) is 19.8 Å². The minimum Gasteiger partial charge on any atom is -0.446 e. The molecular formula is C7H8N2O2. The van der Waals surface area contributed by atoms with Gasteiger partial charge in [0.05, 0.1) is 12.5 Å². The highest BCUT2D eigenvalue weighted by Gasteiger charge is 2.10. The fourth-order valence-corrected chi connectivity index (χ4v) is 0.439. The zero-order chi connectivity index (χ0) is 8.69. The molecule has 0 aliphatic carbocycles. The zero-order valence-corrected chi connectivity index (χ0v) is 6.20. The third-order valence-electron chi connectivity index (χ3n) is 0.983. The van der Waals surface area contributed by atoms with E-state index in [0.717, 1.165) is 0 Å². The molecule has 4 heteroatoms. The van der Waals surface area contributed by atoms with Crippen LogP contribution in [0.15, 0.2) is 0 Å². The largest absolute Gasteiger partial charge is 0.446 e. The van der Waals surface area contributed by atoms with E-state index in [4.69, 9.17) is 10.5 Å². The van der Waals surface area contributed by atoms with Gasteiger partial charge in [0.15, 0.2) is 6.10 Å². The molecule has 0 heterocycles. The average molecular weight is 152 g/mol. The van der Waals surface area contributed by atoms with Crippen LogP contribution in [0.4, 0.5) is 0 Å². The van der Waals surface area contributed by atoms with E-state index in [0.29, 0.717) is 0 Å². The number of rotatable bonds is 3. The number of nitrogens with zero attached hydrogens (tertiary/aromatic N) is 2. The monoisotopic (exact) mass is 152 g/mol. The van der Waals surface area contributed by atoms with Crippen molar-refractivity contribution in [1.82, 2.24) is 0 Å². The van der Waals surface area contributed by atoms with Crippen molar-refractivity contribution in [2.24, 2.45) is 0 Å². The fourth-order valence-electron chi connectivity index (χ4n) is 0.439. The van der Waals surface area contributed by atoms with Crippen LogP contribution in [0.3, 0.4) is 0 Å². The lowest BCUT2D eigenvalue weighted by molar-refractivity contribution is -0.145. The number of carbonyl (C=O) groups excluding carboxylic acids is 1. The third-order valence-corrected chi connectivity index (χ3v) is 0.983. The number of ether oxygens (including phenoxy) is 1. The van der Waals surface area contributed by atoms with Crippen LogP contribution in [-0.4, -0.2) is 12.1 Å². The first-order valence-electron chi connectivity index (χ1n) is 3.20. The van der Waals surface area contributed by atoms with Gasteiger partial charge in [0, 0.05) is 6.42 Å². The lowest BCUT2D eigenvalue weighted by Gasteiger charge is -2.04. The Morgan fingerprint density at radius 3 is 2.64 bits per heavy atom. The smallest absolute Gasteiger partial charge is 0.306 e. The lowest BCUT2D eigenvalue weighted by Crippen LogP contribution is -2.14. The normalized spacial score (nSPS) is 10.8. The molecule has 0 amide bonds. The summed E-state index contributed by atoms with van der Waals surface area (Å²) in [6.45, 7) is 1.63. The molecule has 4 nitrogen and oxygen atoms in total. The molecular weight excluding hydrogens is 144 g/mol. The van der Waals surface area contributed by atoms with Crippen molar-refractivity contribution >= 4 is 5.97 Å². The number of esters is 1. The minimum atomic E-state index is -0.910. The molecule has 0 spiro atoms. The third kappa shape index (κ3) is 3.94. The van der Waals surface area contributed by atoms with E-state index in [1.54, 1.807) is 19.1 Å². The summed E-state index contributed by atoms with van der Waals surface area (Å²) in [4.78, 5) is 10.6. The maximum atomic E-state index is 10.6. The summed E-state index contributed by atoms with van der Waals surface area (Å²) in [5, 5.41) is 16.5. The molecule has 0 aliphatic rings. The second kappa shape index (κ2) is 5.25. The van der Waals surface area contributed by atoms with Gasteiger partial charge in [0.2, 0.25) is 0 Å². The van der Waals surface area contributed by atoms with Gasteiger partial charge in [-0.25, -0.2) is 0 Å². The molecule has 0 saturated heterocycles. The molecule has 11 heavy (non-hydrogen) atoms. The highest BCUT2D eigenvalue weighted by molar-refractivity contribution is 5.69. The standard InChI is InChI=1S/C7H8N2O2/c1-2-7(10)11-6(5-9)3-4-8/h6H,2-3H2,1H3. The molecule has 1 unspecified atom stereocenters. The summed E-state index contributed by atoms with van der Waals surface area (Å²) < 4.78 is 4.57. The van der Waals surface area contributed by atoms with Gasteiger partial charge >= 0.3 is 5.97 Å². The summed E-state index contributed by atoms with van der Waals surface area (Å²) in [5.74, 6) is -0.452. The van der Waals surface area contributed by atoms with Gasteiger partial charge in [0.1, 0.15) is 6.07 Å². The van der Waals surface area contributed by atoms with E-state index in [2.05, 4.69) is 4.74 Å². The Morgan fingerprint density at radius 1 is 1.64 bits per heavy atom. The highest BCUT2D eigenvalue weighted by atomic mass is 16.5. The van der Waals surface area contributed by atoms with Crippen molar-refractivity contribution in [3.63, 3.8) is 0 Å². The second-order valence-corrected chi connectivity index (χ2v) is 1.82. The molecule has 0 fully saturated rings. The zero-order valence-electron chi connectivity index (χ0n) is 6.20. The van der Waals surface area contributed by atoms with Crippen molar-refractivity contribution in [2.45, 2.75) is 25.9 Å². The SMILES string of the molecule is CCC(=O)OC(C#N)CC#N. The Labute approximate surface area is 65.0 Å². The van der Waals surface area contributed by atoms with Crippen LogP contribution in [0.25, 0.3) is 0 Å². The predicted molar refractivity (Wildman–Crippen MR) is 36.0 cm³/mol. The summed E-state index contributed by atoms with van der Waals surface area (Å²) in [5.41, 5.74) is 0. The fraction of sp³-hybridized carbons (Fsp3) is 0.571. The lowest BCUT2D eigenvalue weighted by atomic mass is 10.3. The van der Waals surface area contributed by atoms with Gasteiger partial charge in [-0.15, -0.1) is 0 Å². The van der Waals surface area contributed by atoms with Crippen molar-refractivity contribution < 1.29 is 9.53 Å². The number of hydrogen-bond acceptors (Lipinski definition) is 4. The van der Waals surface area contributed by atoms with Crippen LogP contribution in [0, 0.1) is 22.7 Å². The van der Waals surface area contributed by atoms with E-state index >= 15 is 0 Å². The first kappa shape index (κ1) is 9.45. The van der Waals surface area contributed by atoms with Crippen LogP contribution in [-0.2, 0) is 9.53 Å². The van der Waals surface area contributed by atoms with Crippen LogP contribution < -0.4 is 0 Å². The van der Waals surface area contributed by atoms with Gasteiger partial charge in [-0.1, -0.05) is 6.92 Å². The first-order chi connectivity index (χ1) is 5.24. The van der Waals surface area contributed by atoms with E-state index in [-0.39, 0.29) is 12.8 Å². The molecule has 0 aliphatic heterocycles. The topological polar surface area (TPSA) is 73.9 Å². The van der Waals surface area contributed by atoms with Gasteiger partial charge < -0.3 is 4.74 Å². The molecule has 0 rings (SSSR count). The Balaban J connectivity index is 3.82. The van der Waals surface area contributed by atoms with Crippen molar-refractivity contribution in [1.29, 1.82) is 10.5 Å². The molecule has 0 aromatic heterocycles. The molecule has 0 N–H and O–H groups in total. The summed E-state index contributed by atoms with van der Waals surface area (Å²) in [6, 6.07) is 3.45. The maximum absolute atomic E-state index is 10.6. The van der Waals surface area contributed by atoms with Crippen LogP contribution in [0.5, 0.6) is 0 Å². The van der Waals surface area contributed by atoms with E-state index < -0.39 is 12.1 Å². The van der Waals surface area contributed by atoms with Crippen LogP contribution >= 0.6 is 0 Å². The molecule has 0 aromatic carbocycles. The second-order valence-electron chi connectivity index (χ2n) is 1.82. The van der Waals surface area contributed by atoms with Crippen molar-refractivity contribution in [3.8, 4) is 12.1 Å². The summed E-state index contributed by atoms with van der Waals surface area (Å²) in [7, 11) is 0. The quantitative estimate of drug-likeness (QED) is 0.559. The molecule has 0 bridgehead atoms. The summed E-state index contributed by atoms with van der Waals surface area (Å²) in [6.07, 6.45) is -0.751. The van der Waals surface area contributed by atoms with Crippen molar-refractivity contribution in [2.75, 3.05) is 0 Å². The predicted octanol–water partition coefficient (Wildman–Crippen LogP) is 0.745. The maximum Gasteiger partial charge on any atom is 0.306 e. The Kier molecular flexibility index (Phi) is 4.51. The molecule has 58 valence electrons. The molecule has 1 atom stereocenters. The Bertz CT molecular complexity index is 211. The van der Waals surface area contributed by atoms with Gasteiger partial charge in [0.25, 0.3) is 0 Å². The highest BCUT2D eigenvalue weighted by Crippen LogP contribution is 1.97. The van der Waals surface area contributed by atoms with E-state index in [1.165, 1.54) is 0 Å². The number of nitriles is 2. The number of carbonyl (C=O) groups is 1. The van der Waals surface area contributed by atoms with Crippen molar-refractivity contribution in [3.05, 3.63) is 0 Å². The molecule has 0 aromatic rings. The summed E-state index contributed by atoms with van der Waals surface area (Å²) >= 11 is 0. The van der Waals surface area contributed by atoms with Gasteiger partial charge in [-0.2, -0.15) is 10.5 Å². The van der Waals surface area contributed by atoms with E-state index in [1.807, 2.05) is 0 Å². The molecule has 0 radical (unpaired) electrons. The van der Waals surface area contributed by atoms with Gasteiger partial charge in [-0.05, 0) is 0 Å². The van der Waals surface area contributed by atoms with Gasteiger partial charge in [-0.3, -0.25) is 4.79 Å². The average Bonchev–Trinajstić information content (AvgIpc) is 2.03. The number of hydrogen-bond donors (Lipinski definition) is 0. The minimum absolute atomic E-state index is 0.0672.